The van der Waals surface area contributed by atoms with E-state index in [0.717, 1.165) is 10.5 Å². The summed E-state index contributed by atoms with van der Waals surface area (Å²) in [4.78, 5) is 4.19. The largest absolute Gasteiger partial charge is 0.284 e. The van der Waals surface area contributed by atoms with Crippen LogP contribution < -0.4 is 0 Å². The molecule has 0 aliphatic carbocycles. The summed E-state index contributed by atoms with van der Waals surface area (Å²) in [5, 5.41) is 3.97. The molecule has 1 aromatic heterocycles. The second-order valence-electron chi connectivity index (χ2n) is 3.60. The van der Waals surface area contributed by atoms with E-state index in [0.29, 0.717) is 12.2 Å². The van der Waals surface area contributed by atoms with Crippen molar-refractivity contribution in [1.82, 2.24) is 14.2 Å². The summed E-state index contributed by atoms with van der Waals surface area (Å²) in [7, 11) is -3.59. The first-order valence-electron chi connectivity index (χ1n) is 5.35. The van der Waals surface area contributed by atoms with Crippen LogP contribution in [-0.2, 0) is 16.4 Å². The van der Waals surface area contributed by atoms with E-state index in [1.165, 1.54) is 18.5 Å². The highest BCUT2D eigenvalue weighted by Gasteiger charge is 2.17. The molecule has 0 atom stereocenters. The molecule has 0 spiro atoms. The van der Waals surface area contributed by atoms with Crippen LogP contribution in [0.25, 0.3) is 0 Å². The first-order valence-corrected chi connectivity index (χ1v) is 6.80. The predicted octanol–water partition coefficient (Wildman–Crippen LogP) is 1.47. The normalized spacial score (nSPS) is 11.6. The van der Waals surface area contributed by atoms with Crippen molar-refractivity contribution in [2.45, 2.75) is 24.7 Å². The molecule has 0 N–H and O–H groups in total. The van der Waals surface area contributed by atoms with Gasteiger partial charge in [0.05, 0.1) is 4.90 Å². The molecule has 0 aliphatic heterocycles. The third-order valence-corrected chi connectivity index (χ3v) is 3.82. The Labute approximate surface area is 100 Å². The summed E-state index contributed by atoms with van der Waals surface area (Å²) in [6, 6.07) is 8.20. The molecule has 6 heteroatoms. The van der Waals surface area contributed by atoms with E-state index in [-0.39, 0.29) is 4.90 Å². The number of hydrogen-bond donors (Lipinski definition) is 0. The molecule has 17 heavy (non-hydrogen) atoms. The highest BCUT2D eigenvalue weighted by molar-refractivity contribution is 7.89. The van der Waals surface area contributed by atoms with Gasteiger partial charge in [-0.2, -0.15) is 8.42 Å². The molecular weight excluding hydrogens is 238 g/mol. The van der Waals surface area contributed by atoms with Crippen LogP contribution in [0.1, 0.15) is 19.2 Å². The minimum absolute atomic E-state index is 0.216. The Morgan fingerprint density at radius 3 is 2.59 bits per heavy atom. The van der Waals surface area contributed by atoms with Crippen LogP contribution in [0.4, 0.5) is 0 Å². The summed E-state index contributed by atoms with van der Waals surface area (Å²) in [5.74, 6) is 0.548. The summed E-state index contributed by atoms with van der Waals surface area (Å²) in [5.41, 5.74) is 0. The number of benzene rings is 1. The van der Waals surface area contributed by atoms with Crippen molar-refractivity contribution in [2.75, 3.05) is 0 Å². The lowest BCUT2D eigenvalue weighted by molar-refractivity contribution is 0.579. The molecular formula is C11H13N3O2S. The molecule has 0 fully saturated rings. The number of aromatic nitrogens is 3. The quantitative estimate of drug-likeness (QED) is 0.825. The lowest BCUT2D eigenvalue weighted by atomic mass is 10.3. The van der Waals surface area contributed by atoms with Gasteiger partial charge in [0.2, 0.25) is 0 Å². The van der Waals surface area contributed by atoms with Crippen LogP contribution in [0.5, 0.6) is 0 Å². The lowest BCUT2D eigenvalue weighted by Crippen LogP contribution is -2.13. The van der Waals surface area contributed by atoms with Crippen molar-refractivity contribution in [3.63, 3.8) is 0 Å². The lowest BCUT2D eigenvalue weighted by Gasteiger charge is -2.02. The van der Waals surface area contributed by atoms with E-state index in [2.05, 4.69) is 10.1 Å². The maximum absolute atomic E-state index is 12.1. The predicted molar refractivity (Wildman–Crippen MR) is 63.0 cm³/mol. The average Bonchev–Trinajstić information content (AvgIpc) is 2.80. The van der Waals surface area contributed by atoms with E-state index >= 15 is 0 Å². The van der Waals surface area contributed by atoms with Gasteiger partial charge in [-0.25, -0.2) is 4.98 Å². The van der Waals surface area contributed by atoms with Gasteiger partial charge in [0.1, 0.15) is 6.33 Å². The van der Waals surface area contributed by atoms with Crippen molar-refractivity contribution < 1.29 is 8.42 Å². The number of nitrogens with zero attached hydrogens (tertiary/aromatic N) is 3. The Balaban J connectivity index is 2.38. The highest BCUT2D eigenvalue weighted by Crippen LogP contribution is 2.11. The summed E-state index contributed by atoms with van der Waals surface area (Å²) >= 11 is 0. The Morgan fingerprint density at radius 2 is 1.94 bits per heavy atom. The van der Waals surface area contributed by atoms with Gasteiger partial charge in [-0.15, -0.1) is 9.19 Å². The van der Waals surface area contributed by atoms with Gasteiger partial charge in [0.15, 0.2) is 5.82 Å². The molecule has 0 aliphatic rings. The van der Waals surface area contributed by atoms with E-state index in [4.69, 9.17) is 0 Å². The summed E-state index contributed by atoms with van der Waals surface area (Å²) in [6.07, 6.45) is 2.81. The molecule has 2 rings (SSSR count). The van der Waals surface area contributed by atoms with Crippen LogP contribution in [0, 0.1) is 0 Å². The SMILES string of the molecule is CCCc1ncn(S(=O)(=O)c2ccccc2)n1. The van der Waals surface area contributed by atoms with Crippen molar-refractivity contribution in [3.05, 3.63) is 42.5 Å². The van der Waals surface area contributed by atoms with Gasteiger partial charge in [0, 0.05) is 6.42 Å². The highest BCUT2D eigenvalue weighted by atomic mass is 32.2. The fraction of sp³-hybridized carbons (Fsp3) is 0.273. The van der Waals surface area contributed by atoms with Crippen molar-refractivity contribution in [1.29, 1.82) is 0 Å². The standard InChI is InChI=1S/C11H13N3O2S/c1-2-6-11-12-9-14(13-11)17(15,16)10-7-4-3-5-8-10/h3-5,7-9H,2,6H2,1H3. The fourth-order valence-electron chi connectivity index (χ4n) is 1.44. The van der Waals surface area contributed by atoms with Gasteiger partial charge in [-0.1, -0.05) is 25.1 Å². The molecule has 0 unspecified atom stereocenters. The Hall–Kier alpha value is -1.69. The van der Waals surface area contributed by atoms with Crippen LogP contribution in [0.2, 0.25) is 0 Å². The van der Waals surface area contributed by atoms with Gasteiger partial charge in [-0.3, -0.25) is 0 Å². The first-order chi connectivity index (χ1) is 8.14. The minimum atomic E-state index is -3.59. The second-order valence-corrected chi connectivity index (χ2v) is 5.40. The first kappa shape index (κ1) is 11.8. The van der Waals surface area contributed by atoms with E-state index in [9.17, 15) is 8.42 Å². The van der Waals surface area contributed by atoms with E-state index in [1.54, 1.807) is 18.2 Å². The van der Waals surface area contributed by atoms with E-state index in [1.807, 2.05) is 6.92 Å². The third-order valence-electron chi connectivity index (χ3n) is 2.28. The van der Waals surface area contributed by atoms with Crippen molar-refractivity contribution in [3.8, 4) is 0 Å². The zero-order chi connectivity index (χ0) is 12.3. The van der Waals surface area contributed by atoms with Gasteiger partial charge in [-0.05, 0) is 18.6 Å². The van der Waals surface area contributed by atoms with Gasteiger partial charge < -0.3 is 0 Å². The van der Waals surface area contributed by atoms with Gasteiger partial charge in [0.25, 0.3) is 10.0 Å². The summed E-state index contributed by atoms with van der Waals surface area (Å²) in [6.45, 7) is 1.99. The maximum Gasteiger partial charge on any atom is 0.284 e. The van der Waals surface area contributed by atoms with Crippen LogP contribution in [0.15, 0.2) is 41.6 Å². The molecule has 1 aromatic carbocycles. The zero-order valence-electron chi connectivity index (χ0n) is 9.44. The average molecular weight is 251 g/mol. The molecule has 2 aromatic rings. The topological polar surface area (TPSA) is 64.8 Å². The number of aryl methyl sites for hydroxylation is 1. The molecule has 0 saturated heterocycles. The molecule has 5 nitrogen and oxygen atoms in total. The third kappa shape index (κ3) is 2.36. The monoisotopic (exact) mass is 251 g/mol. The molecule has 0 saturated carbocycles. The summed E-state index contributed by atoms with van der Waals surface area (Å²) < 4.78 is 25.1. The van der Waals surface area contributed by atoms with Crippen LogP contribution in [0.3, 0.4) is 0 Å². The zero-order valence-corrected chi connectivity index (χ0v) is 10.3. The van der Waals surface area contributed by atoms with Gasteiger partial charge >= 0.3 is 0 Å². The molecule has 1 heterocycles. The Morgan fingerprint density at radius 1 is 1.24 bits per heavy atom. The van der Waals surface area contributed by atoms with Crippen molar-refractivity contribution in [2.24, 2.45) is 0 Å². The van der Waals surface area contributed by atoms with Crippen LogP contribution >= 0.6 is 0 Å². The van der Waals surface area contributed by atoms with E-state index < -0.39 is 10.0 Å². The molecule has 90 valence electrons. The Kier molecular flexibility index (Phi) is 3.23. The minimum Gasteiger partial charge on any atom is -0.219 e. The Bertz CT molecular complexity index is 590. The maximum atomic E-state index is 12.1. The number of hydrogen-bond acceptors (Lipinski definition) is 4. The van der Waals surface area contributed by atoms with Crippen molar-refractivity contribution >= 4 is 10.0 Å². The molecule has 0 radical (unpaired) electrons. The number of rotatable bonds is 4. The molecule has 0 amide bonds. The van der Waals surface area contributed by atoms with Crippen LogP contribution in [-0.4, -0.2) is 22.6 Å². The second kappa shape index (κ2) is 4.67. The smallest absolute Gasteiger partial charge is 0.219 e. The fourth-order valence-corrected chi connectivity index (χ4v) is 2.53. The molecule has 0 bridgehead atoms.